The molecule has 0 saturated heterocycles. The van der Waals surface area contributed by atoms with Crippen molar-refractivity contribution in [1.82, 2.24) is 0 Å². The summed E-state index contributed by atoms with van der Waals surface area (Å²) >= 11 is 0. The highest BCUT2D eigenvalue weighted by Gasteiger charge is 2.14. The molecule has 4 aromatic rings. The Labute approximate surface area is 248 Å². The molecule has 0 N–H and O–H groups in total. The second-order valence-electron chi connectivity index (χ2n) is 10.1. The fraction of sp³-hybridized carbons (Fsp3) is 0.122. The quantitative estimate of drug-likeness (QED) is 0.207. The number of allylic oxidation sites excluding steroid dienone is 6. The van der Waals surface area contributed by atoms with Crippen molar-refractivity contribution < 1.29 is 0 Å². The third kappa shape index (κ3) is 12.8. The molecule has 4 aromatic carbocycles. The zero-order valence-corrected chi connectivity index (χ0v) is 24.3. The van der Waals surface area contributed by atoms with Crippen molar-refractivity contribution in [2.45, 2.75) is 26.2 Å². The van der Waals surface area contributed by atoms with Crippen molar-refractivity contribution in [3.63, 3.8) is 0 Å². The van der Waals surface area contributed by atoms with Crippen molar-refractivity contribution in [2.24, 2.45) is 5.92 Å². The van der Waals surface area contributed by atoms with Crippen LogP contribution in [0.15, 0.2) is 170 Å². The Morgan fingerprint density at radius 3 is 1.61 bits per heavy atom. The number of hydrogen-bond acceptors (Lipinski definition) is 0. The third-order valence-corrected chi connectivity index (χ3v) is 6.60. The predicted molar refractivity (Wildman–Crippen MR) is 183 cm³/mol. The van der Waals surface area contributed by atoms with E-state index in [1.54, 1.807) is 11.6 Å². The van der Waals surface area contributed by atoms with Crippen LogP contribution < -0.4 is 0 Å². The van der Waals surface area contributed by atoms with E-state index in [0.29, 0.717) is 0 Å². The average molecular weight is 535 g/mol. The maximum Gasteiger partial charge on any atom is -0.0251 e. The van der Waals surface area contributed by atoms with Gasteiger partial charge in [-0.2, -0.15) is 0 Å². The van der Waals surface area contributed by atoms with Crippen LogP contribution >= 0.6 is 0 Å². The molecule has 0 radical (unpaired) electrons. The second kappa shape index (κ2) is 18.6. The van der Waals surface area contributed by atoms with Crippen LogP contribution in [-0.2, 0) is 0 Å². The molecule has 206 valence electrons. The zero-order valence-electron chi connectivity index (χ0n) is 24.3. The molecular weight excluding hydrogens is 492 g/mol. The molecule has 1 atom stereocenters. The molecule has 0 heterocycles. The standard InChI is InChI=1S/C20H18.C13H16.C8H8/c1-2-3-10-20(17-19-13-8-5-9-14-19)16-15-18-11-6-4-7-12-18;1-11-7-8-13(9-11)10-12-5-3-2-4-6-12;1-2-8-6-4-3-5-7-8/h2-17H,1H2;2-6,10-11H,7-9H2,1H3;2-7H,1H2. The summed E-state index contributed by atoms with van der Waals surface area (Å²) in [5.41, 5.74) is 7.67. The summed E-state index contributed by atoms with van der Waals surface area (Å²) in [5.74, 6) is 0.898. The van der Waals surface area contributed by atoms with Crippen molar-refractivity contribution in [2.75, 3.05) is 0 Å². The Balaban J connectivity index is 0.000000187. The van der Waals surface area contributed by atoms with Crippen molar-refractivity contribution >= 4 is 24.3 Å². The number of benzene rings is 4. The van der Waals surface area contributed by atoms with Crippen LogP contribution in [0.25, 0.3) is 24.3 Å². The van der Waals surface area contributed by atoms with Gasteiger partial charge < -0.3 is 0 Å². The summed E-state index contributed by atoms with van der Waals surface area (Å²) in [5, 5.41) is 0. The summed E-state index contributed by atoms with van der Waals surface area (Å²) in [6.45, 7) is 9.69. The van der Waals surface area contributed by atoms with Gasteiger partial charge in [-0.25, -0.2) is 0 Å². The molecule has 0 nitrogen and oxygen atoms in total. The van der Waals surface area contributed by atoms with Gasteiger partial charge >= 0.3 is 0 Å². The minimum atomic E-state index is 0.898. The molecule has 1 aliphatic carbocycles. The highest BCUT2D eigenvalue weighted by molar-refractivity contribution is 5.64. The molecule has 5 rings (SSSR count). The lowest BCUT2D eigenvalue weighted by Gasteiger charge is -1.97. The van der Waals surface area contributed by atoms with Gasteiger partial charge in [0.15, 0.2) is 0 Å². The molecular formula is C41H42. The summed E-state index contributed by atoms with van der Waals surface area (Å²) in [6.07, 6.45) is 20.3. The predicted octanol–water partition coefficient (Wildman–Crippen LogP) is 11.7. The third-order valence-electron chi connectivity index (χ3n) is 6.60. The van der Waals surface area contributed by atoms with Crippen LogP contribution in [0.3, 0.4) is 0 Å². The minimum absolute atomic E-state index is 0.898. The lowest BCUT2D eigenvalue weighted by molar-refractivity contribution is 0.620. The van der Waals surface area contributed by atoms with Crippen LogP contribution in [-0.4, -0.2) is 0 Å². The van der Waals surface area contributed by atoms with Crippen molar-refractivity contribution in [3.8, 4) is 0 Å². The number of hydrogen-bond donors (Lipinski definition) is 0. The van der Waals surface area contributed by atoms with E-state index < -0.39 is 0 Å². The molecule has 1 saturated carbocycles. The van der Waals surface area contributed by atoms with E-state index in [1.807, 2.05) is 78.9 Å². The maximum absolute atomic E-state index is 3.72. The molecule has 0 bridgehead atoms. The molecule has 41 heavy (non-hydrogen) atoms. The van der Waals surface area contributed by atoms with E-state index in [2.05, 4.69) is 105 Å². The molecule has 0 heteroatoms. The molecule has 0 amide bonds. The summed E-state index contributed by atoms with van der Waals surface area (Å²) < 4.78 is 0. The molecule has 1 unspecified atom stereocenters. The Bertz CT molecular complexity index is 1400. The smallest absolute Gasteiger partial charge is 0.0251 e. The molecule has 0 aromatic heterocycles. The summed E-state index contributed by atoms with van der Waals surface area (Å²) in [7, 11) is 0. The summed E-state index contributed by atoms with van der Waals surface area (Å²) in [4.78, 5) is 0. The van der Waals surface area contributed by atoms with Gasteiger partial charge in [0.25, 0.3) is 0 Å². The van der Waals surface area contributed by atoms with Gasteiger partial charge in [0, 0.05) is 0 Å². The largest absolute Gasteiger partial charge is 0.0991 e. The van der Waals surface area contributed by atoms with Crippen LogP contribution in [0.4, 0.5) is 0 Å². The van der Waals surface area contributed by atoms with Crippen LogP contribution in [0.2, 0.25) is 0 Å². The van der Waals surface area contributed by atoms with E-state index in [4.69, 9.17) is 0 Å². The maximum atomic E-state index is 3.72. The van der Waals surface area contributed by atoms with Crippen molar-refractivity contribution in [3.05, 3.63) is 192 Å². The highest BCUT2D eigenvalue weighted by Crippen LogP contribution is 2.30. The van der Waals surface area contributed by atoms with Gasteiger partial charge in [-0.1, -0.05) is 190 Å². The average Bonchev–Trinajstić information content (AvgIpc) is 3.45. The lowest BCUT2D eigenvalue weighted by Crippen LogP contribution is -1.80. The Hall–Kier alpha value is -4.68. The zero-order chi connectivity index (χ0) is 29.0. The van der Waals surface area contributed by atoms with Crippen molar-refractivity contribution in [1.29, 1.82) is 0 Å². The van der Waals surface area contributed by atoms with Gasteiger partial charge in [-0.15, -0.1) is 0 Å². The topological polar surface area (TPSA) is 0 Å². The molecule has 0 spiro atoms. The Kier molecular flexibility index (Phi) is 14.0. The van der Waals surface area contributed by atoms with Gasteiger partial charge in [-0.05, 0) is 59.1 Å². The van der Waals surface area contributed by atoms with Crippen LogP contribution in [0.1, 0.15) is 48.4 Å². The fourth-order valence-corrected chi connectivity index (χ4v) is 4.42. The molecule has 1 aliphatic rings. The van der Waals surface area contributed by atoms with E-state index in [1.165, 1.54) is 41.5 Å². The highest BCUT2D eigenvalue weighted by atomic mass is 14.2. The first-order valence-corrected chi connectivity index (χ1v) is 14.4. The van der Waals surface area contributed by atoms with E-state index in [-0.39, 0.29) is 0 Å². The summed E-state index contributed by atoms with van der Waals surface area (Å²) in [6, 6.07) is 41.2. The fourth-order valence-electron chi connectivity index (χ4n) is 4.42. The Morgan fingerprint density at radius 1 is 0.634 bits per heavy atom. The van der Waals surface area contributed by atoms with Crippen LogP contribution in [0, 0.1) is 5.92 Å². The van der Waals surface area contributed by atoms with Gasteiger partial charge in [0.1, 0.15) is 0 Å². The lowest BCUT2D eigenvalue weighted by atomic mass is 10.1. The first kappa shape index (κ1) is 30.9. The molecule has 0 aliphatic heterocycles. The van der Waals surface area contributed by atoms with E-state index in [9.17, 15) is 0 Å². The minimum Gasteiger partial charge on any atom is -0.0991 e. The Morgan fingerprint density at radius 2 is 1.15 bits per heavy atom. The number of rotatable bonds is 7. The van der Waals surface area contributed by atoms with Crippen LogP contribution in [0.5, 0.6) is 0 Å². The first-order chi connectivity index (χ1) is 20.2. The molecule has 1 fully saturated rings. The SMILES string of the molecule is C=CC=CC(C=Cc1ccccc1)=Cc1ccccc1.C=Cc1ccccc1.CC1CCC(=Cc2ccccc2)C1. The first-order valence-electron chi connectivity index (χ1n) is 14.4. The monoisotopic (exact) mass is 534 g/mol. The van der Waals surface area contributed by atoms with E-state index in [0.717, 1.165) is 11.5 Å². The van der Waals surface area contributed by atoms with Gasteiger partial charge in [0.2, 0.25) is 0 Å². The van der Waals surface area contributed by atoms with Gasteiger partial charge in [-0.3, -0.25) is 0 Å². The van der Waals surface area contributed by atoms with E-state index >= 15 is 0 Å². The van der Waals surface area contributed by atoms with Gasteiger partial charge in [0.05, 0.1) is 0 Å². The normalized spacial score (nSPS) is 15.6. The second-order valence-corrected chi connectivity index (χ2v) is 10.1.